The fourth-order valence-electron chi connectivity index (χ4n) is 0.988. The zero-order chi connectivity index (χ0) is 11.6. The quantitative estimate of drug-likeness (QED) is 0.592. The Morgan fingerprint density at radius 2 is 2.00 bits per heavy atom. The predicted molar refractivity (Wildman–Crippen MR) is 58.0 cm³/mol. The van der Waals surface area contributed by atoms with Crippen molar-refractivity contribution in [1.82, 2.24) is 5.48 Å². The summed E-state index contributed by atoms with van der Waals surface area (Å²) in [6, 6.07) is 9.36. The van der Waals surface area contributed by atoms with Crippen molar-refractivity contribution in [3.63, 3.8) is 0 Å². The van der Waals surface area contributed by atoms with Crippen LogP contribution in [0.3, 0.4) is 0 Å². The Balaban J connectivity index is 2.02. The number of benzene rings is 1. The lowest BCUT2D eigenvalue weighted by molar-refractivity contribution is 0.0163. The first kappa shape index (κ1) is 12.3. The molecule has 0 saturated heterocycles. The summed E-state index contributed by atoms with van der Waals surface area (Å²) in [4.78, 5) is 15.6. The van der Waals surface area contributed by atoms with Gasteiger partial charge in [-0.1, -0.05) is 18.2 Å². The van der Waals surface area contributed by atoms with Gasteiger partial charge in [-0.2, -0.15) is 5.48 Å². The summed E-state index contributed by atoms with van der Waals surface area (Å²) in [6.45, 7) is 2.65. The second-order valence-electron chi connectivity index (χ2n) is 2.83. The van der Waals surface area contributed by atoms with Crippen LogP contribution >= 0.6 is 0 Å². The van der Waals surface area contributed by atoms with Gasteiger partial charge in [-0.15, -0.1) is 0 Å². The lowest BCUT2D eigenvalue weighted by Gasteiger charge is -2.07. The number of hydroxylamine groups is 1. The number of amides is 1. The van der Waals surface area contributed by atoms with Crippen molar-refractivity contribution in [3.8, 4) is 5.75 Å². The maximum Gasteiger partial charge on any atom is 0.431 e. The van der Waals surface area contributed by atoms with E-state index in [-0.39, 0.29) is 6.61 Å². The van der Waals surface area contributed by atoms with Gasteiger partial charge < -0.3 is 9.47 Å². The van der Waals surface area contributed by atoms with Crippen LogP contribution < -0.4 is 10.2 Å². The topological polar surface area (TPSA) is 56.8 Å². The third kappa shape index (κ3) is 5.21. The lowest BCUT2D eigenvalue weighted by atomic mass is 10.3. The first-order valence-electron chi connectivity index (χ1n) is 5.05. The largest absolute Gasteiger partial charge is 0.491 e. The first-order valence-corrected chi connectivity index (χ1v) is 5.05. The van der Waals surface area contributed by atoms with Gasteiger partial charge in [-0.25, -0.2) is 4.79 Å². The van der Waals surface area contributed by atoms with Crippen LogP contribution in [0, 0.1) is 0 Å². The fraction of sp³-hybridized carbons (Fsp3) is 0.364. The van der Waals surface area contributed by atoms with Crippen molar-refractivity contribution in [2.45, 2.75) is 6.92 Å². The van der Waals surface area contributed by atoms with Crippen LogP contribution in [0.1, 0.15) is 6.92 Å². The van der Waals surface area contributed by atoms with Crippen LogP contribution in [0.2, 0.25) is 0 Å². The molecule has 5 heteroatoms. The second-order valence-corrected chi connectivity index (χ2v) is 2.83. The molecule has 1 amide bonds. The summed E-state index contributed by atoms with van der Waals surface area (Å²) in [5.41, 5.74) is 2.13. The molecular weight excluding hydrogens is 210 g/mol. The standard InChI is InChI=1S/C11H15NO4/c1-2-14-11(13)12-16-9-8-15-10-6-4-3-5-7-10/h3-7H,2,8-9H2,1H3,(H,12,13). The minimum atomic E-state index is -0.595. The Hall–Kier alpha value is -1.75. The Labute approximate surface area is 94.3 Å². The highest BCUT2D eigenvalue weighted by molar-refractivity contribution is 5.65. The van der Waals surface area contributed by atoms with E-state index >= 15 is 0 Å². The van der Waals surface area contributed by atoms with Gasteiger partial charge in [0.25, 0.3) is 0 Å². The first-order chi connectivity index (χ1) is 7.83. The van der Waals surface area contributed by atoms with Crippen LogP contribution in [0.5, 0.6) is 5.75 Å². The van der Waals surface area contributed by atoms with E-state index in [1.54, 1.807) is 6.92 Å². The van der Waals surface area contributed by atoms with Crippen molar-refractivity contribution in [3.05, 3.63) is 30.3 Å². The number of nitrogens with one attached hydrogen (secondary N) is 1. The molecule has 1 aromatic rings. The molecule has 0 fully saturated rings. The molecule has 16 heavy (non-hydrogen) atoms. The number of hydrogen-bond donors (Lipinski definition) is 1. The van der Waals surface area contributed by atoms with Crippen molar-refractivity contribution < 1.29 is 19.1 Å². The summed E-state index contributed by atoms with van der Waals surface area (Å²) < 4.78 is 9.92. The van der Waals surface area contributed by atoms with Gasteiger partial charge in [-0.05, 0) is 19.1 Å². The van der Waals surface area contributed by atoms with E-state index < -0.39 is 6.09 Å². The van der Waals surface area contributed by atoms with Gasteiger partial charge in [0.2, 0.25) is 0 Å². The van der Waals surface area contributed by atoms with E-state index in [4.69, 9.17) is 9.57 Å². The molecule has 0 heterocycles. The average molecular weight is 225 g/mol. The van der Waals surface area contributed by atoms with Gasteiger partial charge in [0.05, 0.1) is 6.61 Å². The van der Waals surface area contributed by atoms with Gasteiger partial charge in [0.1, 0.15) is 19.0 Å². The molecule has 1 rings (SSSR count). The maximum atomic E-state index is 10.8. The van der Waals surface area contributed by atoms with Crippen molar-refractivity contribution >= 4 is 6.09 Å². The zero-order valence-corrected chi connectivity index (χ0v) is 9.14. The van der Waals surface area contributed by atoms with Crippen molar-refractivity contribution in [1.29, 1.82) is 0 Å². The number of carbonyl (C=O) groups is 1. The number of para-hydroxylation sites is 1. The Morgan fingerprint density at radius 1 is 1.25 bits per heavy atom. The molecule has 0 saturated carbocycles. The van der Waals surface area contributed by atoms with E-state index in [2.05, 4.69) is 10.2 Å². The highest BCUT2D eigenvalue weighted by atomic mass is 16.7. The SMILES string of the molecule is CCOC(=O)NOCCOc1ccccc1. The normalized spacial score (nSPS) is 9.56. The number of hydrogen-bond acceptors (Lipinski definition) is 4. The molecular formula is C11H15NO4. The van der Waals surface area contributed by atoms with Gasteiger partial charge in [0, 0.05) is 0 Å². The minimum absolute atomic E-state index is 0.258. The number of rotatable bonds is 6. The average Bonchev–Trinajstić information content (AvgIpc) is 2.30. The van der Waals surface area contributed by atoms with Crippen LogP contribution in [0.15, 0.2) is 30.3 Å². The third-order valence-electron chi connectivity index (χ3n) is 1.63. The zero-order valence-electron chi connectivity index (χ0n) is 9.14. The molecule has 0 aliphatic carbocycles. The van der Waals surface area contributed by atoms with Gasteiger partial charge >= 0.3 is 6.09 Å². The molecule has 0 radical (unpaired) electrons. The Kier molecular flexibility index (Phi) is 5.80. The van der Waals surface area contributed by atoms with Crippen LogP contribution in [0.4, 0.5) is 4.79 Å². The maximum absolute atomic E-state index is 10.8. The summed E-state index contributed by atoms with van der Waals surface area (Å²) in [5.74, 6) is 0.766. The van der Waals surface area contributed by atoms with Crippen LogP contribution in [-0.4, -0.2) is 25.9 Å². The summed E-state index contributed by atoms with van der Waals surface area (Å²) in [6.07, 6.45) is -0.595. The fourth-order valence-corrected chi connectivity index (χ4v) is 0.988. The summed E-state index contributed by atoms with van der Waals surface area (Å²) in [5, 5.41) is 0. The molecule has 1 N–H and O–H groups in total. The molecule has 1 aromatic carbocycles. The molecule has 5 nitrogen and oxygen atoms in total. The predicted octanol–water partition coefficient (Wildman–Crippen LogP) is 1.74. The van der Waals surface area contributed by atoms with E-state index in [1.165, 1.54) is 0 Å². The van der Waals surface area contributed by atoms with Gasteiger partial charge in [0.15, 0.2) is 0 Å². The van der Waals surface area contributed by atoms with E-state index in [1.807, 2.05) is 30.3 Å². The Morgan fingerprint density at radius 3 is 2.69 bits per heavy atom. The van der Waals surface area contributed by atoms with Crippen LogP contribution in [-0.2, 0) is 9.57 Å². The number of ether oxygens (including phenoxy) is 2. The van der Waals surface area contributed by atoms with Crippen molar-refractivity contribution in [2.75, 3.05) is 19.8 Å². The van der Waals surface area contributed by atoms with E-state index in [0.29, 0.717) is 13.2 Å². The molecule has 88 valence electrons. The van der Waals surface area contributed by atoms with Crippen LogP contribution in [0.25, 0.3) is 0 Å². The molecule has 0 aliphatic rings. The molecule has 0 spiro atoms. The highest BCUT2D eigenvalue weighted by Crippen LogP contribution is 2.07. The van der Waals surface area contributed by atoms with Gasteiger partial charge in [-0.3, -0.25) is 4.84 Å². The van der Waals surface area contributed by atoms with E-state index in [0.717, 1.165) is 5.75 Å². The lowest BCUT2D eigenvalue weighted by Crippen LogP contribution is -2.26. The monoisotopic (exact) mass is 225 g/mol. The van der Waals surface area contributed by atoms with E-state index in [9.17, 15) is 4.79 Å². The molecule has 0 unspecified atom stereocenters. The minimum Gasteiger partial charge on any atom is -0.491 e. The summed E-state index contributed by atoms with van der Waals surface area (Å²) >= 11 is 0. The third-order valence-corrected chi connectivity index (χ3v) is 1.63. The molecule has 0 bridgehead atoms. The molecule has 0 aliphatic heterocycles. The second kappa shape index (κ2) is 7.53. The van der Waals surface area contributed by atoms with Crippen molar-refractivity contribution in [2.24, 2.45) is 0 Å². The summed E-state index contributed by atoms with van der Waals surface area (Å²) in [7, 11) is 0. The molecule has 0 aromatic heterocycles. The highest BCUT2D eigenvalue weighted by Gasteiger charge is 1.98. The number of carbonyl (C=O) groups excluding carboxylic acids is 1. The molecule has 0 atom stereocenters. The Bertz CT molecular complexity index is 302. The smallest absolute Gasteiger partial charge is 0.431 e.